The molecule has 1 N–H and O–H groups in total. The van der Waals surface area contributed by atoms with Crippen molar-refractivity contribution < 1.29 is 27.4 Å². The summed E-state index contributed by atoms with van der Waals surface area (Å²) < 4.78 is 41.1. The molecule has 156 valence electrons. The molecule has 0 aliphatic carbocycles. The summed E-state index contributed by atoms with van der Waals surface area (Å²) in [7, 11) is 3.94. The van der Waals surface area contributed by atoms with E-state index in [1.807, 2.05) is 0 Å². The average Bonchev–Trinajstić information content (AvgIpc) is 2.71. The fourth-order valence-electron chi connectivity index (χ4n) is 2.47. The Hall–Kier alpha value is -3.04. The first-order valence-electron chi connectivity index (χ1n) is 8.54. The van der Waals surface area contributed by atoms with Gasteiger partial charge in [0.1, 0.15) is 0 Å². The molecular weight excluding hydrogens is 396 g/mol. The van der Waals surface area contributed by atoms with E-state index in [2.05, 4.69) is 5.32 Å². The Balaban J connectivity index is 2.14. The molecule has 0 aliphatic heterocycles. The highest BCUT2D eigenvalue weighted by Gasteiger charge is 2.16. The number of amides is 1. The summed E-state index contributed by atoms with van der Waals surface area (Å²) in [5, 5.41) is 2.68. The maximum atomic E-state index is 12.2. The van der Waals surface area contributed by atoms with Crippen LogP contribution in [0.15, 0.2) is 47.4 Å². The van der Waals surface area contributed by atoms with Gasteiger partial charge in [-0.05, 0) is 48.0 Å². The van der Waals surface area contributed by atoms with Gasteiger partial charge in [-0.15, -0.1) is 0 Å². The molecule has 0 spiro atoms. The molecule has 0 aliphatic rings. The van der Waals surface area contributed by atoms with Gasteiger partial charge in [0, 0.05) is 25.9 Å². The molecule has 0 saturated carbocycles. The lowest BCUT2D eigenvalue weighted by atomic mass is 10.1. The van der Waals surface area contributed by atoms with Crippen LogP contribution in [0.4, 0.5) is 5.69 Å². The molecule has 2 aromatic carbocycles. The van der Waals surface area contributed by atoms with Crippen molar-refractivity contribution in [1.29, 1.82) is 0 Å². The zero-order chi connectivity index (χ0) is 21.6. The van der Waals surface area contributed by atoms with Crippen LogP contribution in [0.1, 0.15) is 5.56 Å². The second-order valence-electron chi connectivity index (χ2n) is 6.09. The standard InChI is InChI=1S/C20H24N2O6S/c1-22(2)29(24,25)16-9-7-15(8-10-16)21-19(23)11-6-14-12-17(26-3)20(28-5)18(13-14)27-4/h6-13H,1-5H3,(H,21,23)/b11-6+. The second-order valence-corrected chi connectivity index (χ2v) is 8.24. The number of hydrogen-bond acceptors (Lipinski definition) is 6. The Morgan fingerprint density at radius 3 is 1.97 bits per heavy atom. The van der Waals surface area contributed by atoms with Crippen molar-refractivity contribution in [1.82, 2.24) is 4.31 Å². The van der Waals surface area contributed by atoms with E-state index in [-0.39, 0.29) is 10.8 Å². The fourth-order valence-corrected chi connectivity index (χ4v) is 3.38. The second kappa shape index (κ2) is 9.44. The van der Waals surface area contributed by atoms with Gasteiger partial charge in [0.2, 0.25) is 21.7 Å². The minimum Gasteiger partial charge on any atom is -0.493 e. The third-order valence-electron chi connectivity index (χ3n) is 4.01. The van der Waals surface area contributed by atoms with Gasteiger partial charge >= 0.3 is 0 Å². The van der Waals surface area contributed by atoms with Crippen LogP contribution in [0.3, 0.4) is 0 Å². The number of carbonyl (C=O) groups excluding carboxylic acids is 1. The summed E-state index contributed by atoms with van der Waals surface area (Å²) in [6.45, 7) is 0. The summed E-state index contributed by atoms with van der Waals surface area (Å²) in [4.78, 5) is 12.3. The van der Waals surface area contributed by atoms with Crippen molar-refractivity contribution in [3.63, 3.8) is 0 Å². The number of benzene rings is 2. The molecule has 0 heterocycles. The van der Waals surface area contributed by atoms with E-state index in [4.69, 9.17) is 14.2 Å². The van der Waals surface area contributed by atoms with Crippen LogP contribution in [-0.4, -0.2) is 54.1 Å². The topological polar surface area (TPSA) is 94.2 Å². The molecule has 0 radical (unpaired) electrons. The number of sulfonamides is 1. The number of rotatable bonds is 8. The smallest absolute Gasteiger partial charge is 0.248 e. The predicted molar refractivity (Wildman–Crippen MR) is 111 cm³/mol. The Labute approximate surface area is 170 Å². The molecule has 0 bridgehead atoms. The van der Waals surface area contributed by atoms with Crippen molar-refractivity contribution in [3.8, 4) is 17.2 Å². The van der Waals surface area contributed by atoms with Crippen molar-refractivity contribution in [3.05, 3.63) is 48.0 Å². The van der Waals surface area contributed by atoms with Crippen LogP contribution >= 0.6 is 0 Å². The molecule has 1 amide bonds. The number of ether oxygens (including phenoxy) is 3. The van der Waals surface area contributed by atoms with Crippen molar-refractivity contribution >= 4 is 27.7 Å². The van der Waals surface area contributed by atoms with Crippen LogP contribution in [-0.2, 0) is 14.8 Å². The number of nitrogens with one attached hydrogen (secondary N) is 1. The van der Waals surface area contributed by atoms with E-state index in [1.54, 1.807) is 18.2 Å². The number of hydrogen-bond donors (Lipinski definition) is 1. The Morgan fingerprint density at radius 2 is 1.52 bits per heavy atom. The molecule has 0 saturated heterocycles. The van der Waals surface area contributed by atoms with E-state index in [0.717, 1.165) is 4.31 Å². The van der Waals surface area contributed by atoms with Crippen LogP contribution in [0, 0.1) is 0 Å². The Morgan fingerprint density at radius 1 is 0.966 bits per heavy atom. The third-order valence-corrected chi connectivity index (χ3v) is 5.84. The lowest BCUT2D eigenvalue weighted by Gasteiger charge is -2.13. The molecule has 0 unspecified atom stereocenters. The zero-order valence-electron chi connectivity index (χ0n) is 16.9. The van der Waals surface area contributed by atoms with Gasteiger partial charge in [0.25, 0.3) is 0 Å². The fraction of sp³-hybridized carbons (Fsp3) is 0.250. The van der Waals surface area contributed by atoms with E-state index >= 15 is 0 Å². The van der Waals surface area contributed by atoms with Gasteiger partial charge < -0.3 is 19.5 Å². The lowest BCUT2D eigenvalue weighted by molar-refractivity contribution is -0.111. The zero-order valence-corrected chi connectivity index (χ0v) is 17.7. The van der Waals surface area contributed by atoms with Crippen LogP contribution in [0.5, 0.6) is 17.2 Å². The maximum Gasteiger partial charge on any atom is 0.248 e. The third kappa shape index (κ3) is 5.27. The van der Waals surface area contributed by atoms with E-state index in [0.29, 0.717) is 28.5 Å². The molecule has 0 aromatic heterocycles. The van der Waals surface area contributed by atoms with Gasteiger partial charge in [-0.3, -0.25) is 4.79 Å². The van der Waals surface area contributed by atoms with Gasteiger partial charge in [-0.2, -0.15) is 0 Å². The van der Waals surface area contributed by atoms with Crippen LogP contribution in [0.25, 0.3) is 6.08 Å². The summed E-state index contributed by atoms with van der Waals surface area (Å²) in [5.74, 6) is 1.04. The minimum absolute atomic E-state index is 0.147. The molecule has 29 heavy (non-hydrogen) atoms. The Bertz CT molecular complexity index is 973. The molecule has 2 rings (SSSR count). The molecule has 8 nitrogen and oxygen atoms in total. The molecule has 0 atom stereocenters. The highest BCUT2D eigenvalue weighted by Crippen LogP contribution is 2.38. The average molecular weight is 420 g/mol. The quantitative estimate of drug-likeness (QED) is 0.660. The molecular formula is C20H24N2O6S. The van der Waals surface area contributed by atoms with Gasteiger partial charge in [0.15, 0.2) is 11.5 Å². The summed E-state index contributed by atoms with van der Waals surface area (Å²) in [6, 6.07) is 9.36. The first-order chi connectivity index (χ1) is 13.7. The normalized spacial score (nSPS) is 11.5. The number of nitrogens with zero attached hydrogens (tertiary/aromatic N) is 1. The van der Waals surface area contributed by atoms with Crippen molar-refractivity contribution in [2.24, 2.45) is 0 Å². The van der Waals surface area contributed by atoms with Crippen LogP contribution in [0.2, 0.25) is 0 Å². The SMILES string of the molecule is COc1cc(/C=C/C(=O)Nc2ccc(S(=O)(=O)N(C)C)cc2)cc(OC)c1OC. The maximum absolute atomic E-state index is 12.2. The van der Waals surface area contributed by atoms with Gasteiger partial charge in [-0.1, -0.05) is 0 Å². The van der Waals surface area contributed by atoms with Crippen molar-refractivity contribution in [2.75, 3.05) is 40.7 Å². The van der Waals surface area contributed by atoms with E-state index < -0.39 is 10.0 Å². The predicted octanol–water partition coefficient (Wildman–Crippen LogP) is 2.61. The monoisotopic (exact) mass is 420 g/mol. The molecule has 2 aromatic rings. The first-order valence-corrected chi connectivity index (χ1v) is 9.98. The largest absolute Gasteiger partial charge is 0.493 e. The summed E-state index contributed by atoms with van der Waals surface area (Å²) >= 11 is 0. The summed E-state index contributed by atoms with van der Waals surface area (Å²) in [6.07, 6.45) is 2.95. The molecule has 9 heteroatoms. The van der Waals surface area contributed by atoms with Gasteiger partial charge in [0.05, 0.1) is 26.2 Å². The number of carbonyl (C=O) groups is 1. The Kier molecular flexibility index (Phi) is 7.24. The summed E-state index contributed by atoms with van der Waals surface area (Å²) in [5.41, 5.74) is 1.16. The number of methoxy groups -OCH3 is 3. The van der Waals surface area contributed by atoms with Crippen LogP contribution < -0.4 is 19.5 Å². The lowest BCUT2D eigenvalue weighted by Crippen LogP contribution is -2.22. The first kappa shape index (κ1) is 22.3. The molecule has 0 fully saturated rings. The minimum atomic E-state index is -3.51. The number of anilines is 1. The highest BCUT2D eigenvalue weighted by molar-refractivity contribution is 7.89. The highest BCUT2D eigenvalue weighted by atomic mass is 32.2. The van der Waals surface area contributed by atoms with Crippen molar-refractivity contribution in [2.45, 2.75) is 4.90 Å². The van der Waals surface area contributed by atoms with Gasteiger partial charge in [-0.25, -0.2) is 12.7 Å². The van der Waals surface area contributed by atoms with E-state index in [9.17, 15) is 13.2 Å². The van der Waals surface area contributed by atoms with E-state index in [1.165, 1.54) is 65.8 Å².